The summed E-state index contributed by atoms with van der Waals surface area (Å²) in [5.41, 5.74) is 5.96. The molecule has 1 N–H and O–H groups in total. The molecule has 5 heteroatoms. The highest BCUT2D eigenvalue weighted by molar-refractivity contribution is 5.88. The van der Waals surface area contributed by atoms with Crippen LogP contribution < -0.4 is 10.1 Å². The van der Waals surface area contributed by atoms with Crippen LogP contribution in [0.4, 0.5) is 11.4 Å². The molecule has 3 rings (SSSR count). The van der Waals surface area contributed by atoms with Crippen molar-refractivity contribution in [3.63, 3.8) is 0 Å². The van der Waals surface area contributed by atoms with Gasteiger partial charge in [0.15, 0.2) is 5.65 Å². The van der Waals surface area contributed by atoms with Crippen LogP contribution in [-0.2, 0) is 7.05 Å². The topological polar surface area (TPSA) is 52.0 Å². The molecule has 0 aliphatic carbocycles. The number of imidazole rings is 1. The van der Waals surface area contributed by atoms with Crippen molar-refractivity contribution in [3.8, 4) is 5.75 Å². The molecule has 0 saturated carbocycles. The zero-order valence-corrected chi connectivity index (χ0v) is 12.6. The van der Waals surface area contributed by atoms with Crippen LogP contribution in [-0.4, -0.2) is 21.6 Å². The van der Waals surface area contributed by atoms with Gasteiger partial charge in [0, 0.05) is 24.5 Å². The van der Waals surface area contributed by atoms with E-state index in [4.69, 9.17) is 4.74 Å². The predicted octanol–water partition coefficient (Wildman–Crippen LogP) is 3.34. The van der Waals surface area contributed by atoms with Crippen molar-refractivity contribution in [2.75, 3.05) is 12.4 Å². The van der Waals surface area contributed by atoms with E-state index in [1.54, 1.807) is 19.6 Å². The molecule has 0 saturated heterocycles. The number of benzene rings is 1. The highest BCUT2D eigenvalue weighted by Crippen LogP contribution is 2.32. The lowest BCUT2D eigenvalue weighted by Gasteiger charge is -2.15. The smallest absolute Gasteiger partial charge is 0.161 e. The second-order valence-corrected chi connectivity index (χ2v) is 5.10. The Morgan fingerprint density at radius 3 is 2.71 bits per heavy atom. The van der Waals surface area contributed by atoms with Crippen molar-refractivity contribution < 1.29 is 4.74 Å². The first kappa shape index (κ1) is 13.4. The van der Waals surface area contributed by atoms with Crippen molar-refractivity contribution >= 4 is 22.5 Å². The maximum absolute atomic E-state index is 5.40. The summed E-state index contributed by atoms with van der Waals surface area (Å²) < 4.78 is 7.31. The minimum absolute atomic E-state index is 0.859. The quantitative estimate of drug-likeness (QED) is 0.800. The summed E-state index contributed by atoms with van der Waals surface area (Å²) >= 11 is 0. The average Bonchev–Trinajstić information content (AvgIpc) is 2.86. The standard InChI is InChI=1S/C16H18N4O/c1-10-5-6-13(21-4)11(2)14(10)19-12-7-8-17-16-15(12)18-9-20(16)3/h5-9H,1-4H3,(H,17,19). The van der Waals surface area contributed by atoms with Gasteiger partial charge in [-0.1, -0.05) is 6.07 Å². The fourth-order valence-corrected chi connectivity index (χ4v) is 2.50. The molecule has 1 aromatic carbocycles. The second-order valence-electron chi connectivity index (χ2n) is 5.10. The zero-order valence-electron chi connectivity index (χ0n) is 12.6. The number of hydrogen-bond acceptors (Lipinski definition) is 4. The third kappa shape index (κ3) is 2.20. The van der Waals surface area contributed by atoms with E-state index in [2.05, 4.69) is 22.2 Å². The molecule has 0 radical (unpaired) electrons. The number of nitrogens with zero attached hydrogens (tertiary/aromatic N) is 3. The van der Waals surface area contributed by atoms with E-state index in [0.29, 0.717) is 0 Å². The molecular formula is C16H18N4O. The van der Waals surface area contributed by atoms with E-state index in [1.165, 1.54) is 0 Å². The number of aromatic nitrogens is 3. The lowest BCUT2D eigenvalue weighted by molar-refractivity contribution is 0.412. The molecule has 108 valence electrons. The fraction of sp³-hybridized carbons (Fsp3) is 0.250. The van der Waals surface area contributed by atoms with E-state index in [1.807, 2.05) is 36.7 Å². The van der Waals surface area contributed by atoms with Gasteiger partial charge in [0.2, 0.25) is 0 Å². The first-order valence-electron chi connectivity index (χ1n) is 6.79. The Labute approximate surface area is 123 Å². The Balaban J connectivity index is 2.11. The first-order chi connectivity index (χ1) is 10.1. The van der Waals surface area contributed by atoms with Gasteiger partial charge >= 0.3 is 0 Å². The van der Waals surface area contributed by atoms with Gasteiger partial charge in [-0.25, -0.2) is 9.97 Å². The molecule has 0 unspecified atom stereocenters. The third-order valence-corrected chi connectivity index (χ3v) is 3.70. The number of methoxy groups -OCH3 is 1. The monoisotopic (exact) mass is 282 g/mol. The molecule has 0 amide bonds. The number of hydrogen-bond donors (Lipinski definition) is 1. The van der Waals surface area contributed by atoms with Crippen LogP contribution >= 0.6 is 0 Å². The molecule has 0 bridgehead atoms. The van der Waals surface area contributed by atoms with Gasteiger partial charge in [0.05, 0.1) is 19.1 Å². The van der Waals surface area contributed by atoms with E-state index < -0.39 is 0 Å². The molecule has 2 aromatic heterocycles. The van der Waals surface area contributed by atoms with Gasteiger partial charge in [-0.15, -0.1) is 0 Å². The Bertz CT molecular complexity index is 807. The van der Waals surface area contributed by atoms with Crippen LogP contribution in [0, 0.1) is 13.8 Å². The molecule has 21 heavy (non-hydrogen) atoms. The number of pyridine rings is 1. The Morgan fingerprint density at radius 1 is 1.14 bits per heavy atom. The normalized spacial score (nSPS) is 10.9. The van der Waals surface area contributed by atoms with Crippen LogP contribution in [0.2, 0.25) is 0 Å². The van der Waals surface area contributed by atoms with E-state index in [9.17, 15) is 0 Å². The Hall–Kier alpha value is -2.56. The number of anilines is 2. The van der Waals surface area contributed by atoms with Crippen LogP contribution in [0.1, 0.15) is 11.1 Å². The largest absolute Gasteiger partial charge is 0.496 e. The average molecular weight is 282 g/mol. The zero-order chi connectivity index (χ0) is 15.0. The van der Waals surface area contributed by atoms with Crippen molar-refractivity contribution in [2.45, 2.75) is 13.8 Å². The van der Waals surface area contributed by atoms with Crippen LogP contribution in [0.5, 0.6) is 5.75 Å². The van der Waals surface area contributed by atoms with Crippen molar-refractivity contribution in [1.82, 2.24) is 14.5 Å². The highest BCUT2D eigenvalue weighted by atomic mass is 16.5. The number of ether oxygens (including phenoxy) is 1. The molecule has 0 fully saturated rings. The number of rotatable bonds is 3. The minimum Gasteiger partial charge on any atom is -0.496 e. The molecular weight excluding hydrogens is 264 g/mol. The summed E-state index contributed by atoms with van der Waals surface area (Å²) in [5.74, 6) is 0.870. The van der Waals surface area contributed by atoms with E-state index >= 15 is 0 Å². The molecule has 5 nitrogen and oxygen atoms in total. The SMILES string of the molecule is COc1ccc(C)c(Nc2ccnc3c2ncn3C)c1C. The molecule has 0 aliphatic rings. The fourth-order valence-electron chi connectivity index (χ4n) is 2.50. The first-order valence-corrected chi connectivity index (χ1v) is 6.79. The highest BCUT2D eigenvalue weighted by Gasteiger charge is 2.11. The molecule has 0 aliphatic heterocycles. The predicted molar refractivity (Wildman–Crippen MR) is 84.3 cm³/mol. The summed E-state index contributed by atoms with van der Waals surface area (Å²) in [6.45, 7) is 4.12. The lowest BCUT2D eigenvalue weighted by atomic mass is 10.1. The van der Waals surface area contributed by atoms with Gasteiger partial charge in [-0.05, 0) is 31.5 Å². The maximum atomic E-state index is 5.40. The van der Waals surface area contributed by atoms with Crippen LogP contribution in [0.15, 0.2) is 30.7 Å². The summed E-state index contributed by atoms with van der Waals surface area (Å²) in [5, 5.41) is 3.48. The minimum atomic E-state index is 0.859. The van der Waals surface area contributed by atoms with Gasteiger partial charge in [-0.3, -0.25) is 0 Å². The van der Waals surface area contributed by atoms with Gasteiger partial charge in [0.1, 0.15) is 11.3 Å². The van der Waals surface area contributed by atoms with Gasteiger partial charge in [0.25, 0.3) is 0 Å². The Kier molecular flexibility index (Phi) is 3.25. The second kappa shape index (κ2) is 5.09. The summed E-state index contributed by atoms with van der Waals surface area (Å²) in [7, 11) is 3.62. The number of nitrogens with one attached hydrogen (secondary N) is 1. The van der Waals surface area contributed by atoms with Crippen molar-refractivity contribution in [2.24, 2.45) is 7.05 Å². The van der Waals surface area contributed by atoms with Gasteiger partial charge in [-0.2, -0.15) is 0 Å². The summed E-state index contributed by atoms with van der Waals surface area (Å²) in [6.07, 6.45) is 3.56. The number of aryl methyl sites for hydroxylation is 2. The molecule has 0 atom stereocenters. The van der Waals surface area contributed by atoms with E-state index in [0.717, 1.165) is 39.4 Å². The van der Waals surface area contributed by atoms with Crippen molar-refractivity contribution in [3.05, 3.63) is 41.9 Å². The van der Waals surface area contributed by atoms with Crippen LogP contribution in [0.3, 0.4) is 0 Å². The maximum Gasteiger partial charge on any atom is 0.161 e. The third-order valence-electron chi connectivity index (χ3n) is 3.70. The number of fused-ring (bicyclic) bond motifs is 1. The van der Waals surface area contributed by atoms with Crippen molar-refractivity contribution in [1.29, 1.82) is 0 Å². The molecule has 0 spiro atoms. The van der Waals surface area contributed by atoms with E-state index in [-0.39, 0.29) is 0 Å². The van der Waals surface area contributed by atoms with Crippen LogP contribution in [0.25, 0.3) is 11.2 Å². The van der Waals surface area contributed by atoms with Gasteiger partial charge < -0.3 is 14.6 Å². The lowest BCUT2D eigenvalue weighted by Crippen LogP contribution is -2.00. The summed E-state index contributed by atoms with van der Waals surface area (Å²) in [4.78, 5) is 8.78. The summed E-state index contributed by atoms with van der Waals surface area (Å²) in [6, 6.07) is 5.97. The molecule has 2 heterocycles. The molecule has 3 aromatic rings. The Morgan fingerprint density at radius 2 is 1.95 bits per heavy atom.